The molecule has 3 atom stereocenters. The normalized spacial score (nSPS) is 25.5. The number of fused-ring (bicyclic) bond motifs is 2. The lowest BCUT2D eigenvalue weighted by Crippen LogP contribution is -2.42. The highest BCUT2D eigenvalue weighted by atomic mass is 32.1. The van der Waals surface area contributed by atoms with Crippen molar-refractivity contribution in [3.8, 4) is 0 Å². The number of rotatable bonds is 4. The molecule has 3 rings (SSSR count). The van der Waals surface area contributed by atoms with E-state index in [1.165, 1.54) is 18.6 Å². The first-order valence-corrected chi connectivity index (χ1v) is 7.55. The van der Waals surface area contributed by atoms with Crippen molar-refractivity contribution in [3.05, 3.63) is 52.1 Å². The minimum Gasteiger partial charge on any atom is -0.358 e. The molecule has 1 aromatic carbocycles. The Morgan fingerprint density at radius 3 is 2.68 bits per heavy atom. The molecule has 0 aromatic heterocycles. The number of nitro groups is 1. The summed E-state index contributed by atoms with van der Waals surface area (Å²) in [5.41, 5.74) is 3.62. The lowest BCUT2D eigenvalue weighted by atomic mass is 10.0. The number of thiocarbonyl (C=S) groups is 1. The Bertz CT molecular complexity index is 641. The van der Waals surface area contributed by atoms with E-state index < -0.39 is 4.92 Å². The summed E-state index contributed by atoms with van der Waals surface area (Å²) in [7, 11) is 0. The van der Waals surface area contributed by atoms with E-state index in [2.05, 4.69) is 28.0 Å². The van der Waals surface area contributed by atoms with Crippen LogP contribution in [0.3, 0.4) is 0 Å². The van der Waals surface area contributed by atoms with E-state index in [4.69, 9.17) is 12.2 Å². The summed E-state index contributed by atoms with van der Waals surface area (Å²) in [6, 6.07) is 6.56. The third-order valence-corrected chi connectivity index (χ3v) is 4.29. The molecule has 0 radical (unpaired) electrons. The molecule has 22 heavy (non-hydrogen) atoms. The molecule has 1 aromatic rings. The van der Waals surface area contributed by atoms with Crippen LogP contribution >= 0.6 is 12.2 Å². The number of nitrogens with zero attached hydrogens (tertiary/aromatic N) is 2. The Hall–Kier alpha value is -2.28. The highest BCUT2D eigenvalue weighted by Crippen LogP contribution is 2.38. The second kappa shape index (κ2) is 6.23. The van der Waals surface area contributed by atoms with Gasteiger partial charge in [0.05, 0.1) is 11.1 Å². The molecule has 114 valence electrons. The molecule has 1 fully saturated rings. The molecule has 1 saturated carbocycles. The molecule has 0 saturated heterocycles. The number of benzene rings is 1. The van der Waals surface area contributed by atoms with Crippen molar-refractivity contribution >= 4 is 29.2 Å². The average Bonchev–Trinajstić information content (AvgIpc) is 3.10. The molecule has 2 aliphatic carbocycles. The van der Waals surface area contributed by atoms with Gasteiger partial charge in [-0.3, -0.25) is 15.5 Å². The maximum atomic E-state index is 10.6. The predicted molar refractivity (Wildman–Crippen MR) is 88.7 cm³/mol. The summed E-state index contributed by atoms with van der Waals surface area (Å²) >= 11 is 5.23. The Morgan fingerprint density at radius 2 is 2.09 bits per heavy atom. The summed E-state index contributed by atoms with van der Waals surface area (Å²) in [6.07, 6.45) is 8.46. The molecule has 2 N–H and O–H groups in total. The van der Waals surface area contributed by atoms with Gasteiger partial charge in [-0.2, -0.15) is 5.10 Å². The highest BCUT2D eigenvalue weighted by Gasteiger charge is 2.35. The molecule has 6 nitrogen and oxygen atoms in total. The zero-order valence-corrected chi connectivity index (χ0v) is 12.6. The van der Waals surface area contributed by atoms with Crippen LogP contribution in [-0.2, 0) is 0 Å². The van der Waals surface area contributed by atoms with Crippen LogP contribution in [0.2, 0.25) is 0 Å². The summed E-state index contributed by atoms with van der Waals surface area (Å²) in [4.78, 5) is 10.1. The molecule has 0 heterocycles. The number of hydrogen-bond acceptors (Lipinski definition) is 4. The van der Waals surface area contributed by atoms with Gasteiger partial charge in [-0.15, -0.1) is 0 Å². The monoisotopic (exact) mass is 316 g/mol. The fourth-order valence-electron chi connectivity index (χ4n) is 2.99. The Labute approximate surface area is 133 Å². The number of nitro benzene ring substituents is 1. The first kappa shape index (κ1) is 14.6. The minimum absolute atomic E-state index is 0.0617. The standard InChI is InChI=1S/C15H16N4O2S/c20-19(21)13-5-2-10(3-6-13)9-16-18-15(22)17-14-8-11-1-4-12(14)7-11/h1-6,9,11-12,14H,7-8H2,(H2,17,18,22)/b16-9-/t11-,12+,14+/m1/s1. The lowest BCUT2D eigenvalue weighted by Gasteiger charge is -2.20. The summed E-state index contributed by atoms with van der Waals surface area (Å²) < 4.78 is 0. The largest absolute Gasteiger partial charge is 0.358 e. The average molecular weight is 316 g/mol. The number of non-ortho nitro benzene ring substituents is 1. The maximum absolute atomic E-state index is 10.6. The highest BCUT2D eigenvalue weighted by molar-refractivity contribution is 7.80. The van der Waals surface area contributed by atoms with Crippen molar-refractivity contribution in [1.82, 2.24) is 10.7 Å². The summed E-state index contributed by atoms with van der Waals surface area (Å²) in [5.74, 6) is 1.26. The van der Waals surface area contributed by atoms with Gasteiger partial charge in [-0.1, -0.05) is 12.2 Å². The van der Waals surface area contributed by atoms with Crippen molar-refractivity contribution in [2.75, 3.05) is 0 Å². The SMILES string of the molecule is O=[N+]([O-])c1ccc(/C=N\NC(=S)N[C@H]2C[C@@H]3C=C[C@H]2C3)cc1. The van der Waals surface area contributed by atoms with E-state index in [0.717, 1.165) is 12.0 Å². The first-order chi connectivity index (χ1) is 10.6. The molecule has 0 unspecified atom stereocenters. The summed E-state index contributed by atoms with van der Waals surface area (Å²) in [5, 5.41) is 18.4. The van der Waals surface area contributed by atoms with Crippen LogP contribution < -0.4 is 10.7 Å². The van der Waals surface area contributed by atoms with E-state index in [-0.39, 0.29) is 5.69 Å². The van der Waals surface area contributed by atoms with Crippen LogP contribution in [0.1, 0.15) is 18.4 Å². The van der Waals surface area contributed by atoms with Gasteiger partial charge >= 0.3 is 0 Å². The predicted octanol–water partition coefficient (Wildman–Crippen LogP) is 2.36. The van der Waals surface area contributed by atoms with Crippen LogP contribution in [0.4, 0.5) is 5.69 Å². The van der Waals surface area contributed by atoms with Gasteiger partial charge in [0.15, 0.2) is 5.11 Å². The molecule has 7 heteroatoms. The van der Waals surface area contributed by atoms with E-state index in [1.807, 2.05) is 0 Å². The smallest absolute Gasteiger partial charge is 0.269 e. The van der Waals surface area contributed by atoms with Crippen LogP contribution in [0.25, 0.3) is 0 Å². The maximum Gasteiger partial charge on any atom is 0.269 e. The van der Waals surface area contributed by atoms with Crippen molar-refractivity contribution in [2.45, 2.75) is 18.9 Å². The third-order valence-electron chi connectivity index (χ3n) is 4.08. The number of hydrogen-bond donors (Lipinski definition) is 2. The molecule has 2 bridgehead atoms. The van der Waals surface area contributed by atoms with Gasteiger partial charge in [0.25, 0.3) is 5.69 Å². The van der Waals surface area contributed by atoms with Crippen LogP contribution in [0, 0.1) is 22.0 Å². The summed E-state index contributed by atoms with van der Waals surface area (Å²) in [6.45, 7) is 0. The molecular weight excluding hydrogens is 300 g/mol. The van der Waals surface area contributed by atoms with Gasteiger partial charge in [0.1, 0.15) is 0 Å². The third kappa shape index (κ3) is 3.30. The van der Waals surface area contributed by atoms with Gasteiger partial charge in [-0.05, 0) is 54.6 Å². The Balaban J connectivity index is 1.48. The van der Waals surface area contributed by atoms with E-state index >= 15 is 0 Å². The van der Waals surface area contributed by atoms with Crippen LogP contribution in [0.15, 0.2) is 41.5 Å². The van der Waals surface area contributed by atoms with Crippen LogP contribution in [-0.4, -0.2) is 22.3 Å². The topological polar surface area (TPSA) is 79.6 Å². The van der Waals surface area contributed by atoms with Crippen molar-refractivity contribution in [2.24, 2.45) is 16.9 Å². The lowest BCUT2D eigenvalue weighted by molar-refractivity contribution is -0.384. The molecule has 0 aliphatic heterocycles. The van der Waals surface area contributed by atoms with Gasteiger partial charge in [0, 0.05) is 18.2 Å². The molecule has 0 amide bonds. The van der Waals surface area contributed by atoms with Gasteiger partial charge < -0.3 is 5.32 Å². The first-order valence-electron chi connectivity index (χ1n) is 7.14. The molecule has 2 aliphatic rings. The zero-order chi connectivity index (χ0) is 15.5. The van der Waals surface area contributed by atoms with E-state index in [1.54, 1.807) is 18.3 Å². The molecular formula is C15H16N4O2S. The van der Waals surface area contributed by atoms with Gasteiger partial charge in [-0.25, -0.2) is 0 Å². The number of allylic oxidation sites excluding steroid dienone is 1. The fourth-order valence-corrected chi connectivity index (χ4v) is 3.20. The minimum atomic E-state index is -0.429. The van der Waals surface area contributed by atoms with E-state index in [0.29, 0.717) is 23.0 Å². The van der Waals surface area contributed by atoms with E-state index in [9.17, 15) is 10.1 Å². The van der Waals surface area contributed by atoms with Gasteiger partial charge in [0.2, 0.25) is 0 Å². The van der Waals surface area contributed by atoms with Crippen molar-refractivity contribution in [1.29, 1.82) is 0 Å². The number of hydrazone groups is 1. The quantitative estimate of drug-likeness (QED) is 0.293. The number of nitrogens with one attached hydrogen (secondary N) is 2. The Morgan fingerprint density at radius 1 is 1.32 bits per heavy atom. The molecule has 0 spiro atoms. The second-order valence-corrected chi connectivity index (χ2v) is 5.99. The fraction of sp³-hybridized carbons (Fsp3) is 0.333. The zero-order valence-electron chi connectivity index (χ0n) is 11.8. The Kier molecular flexibility index (Phi) is 4.15. The van der Waals surface area contributed by atoms with Crippen molar-refractivity contribution in [3.63, 3.8) is 0 Å². The van der Waals surface area contributed by atoms with Crippen molar-refractivity contribution < 1.29 is 4.92 Å². The van der Waals surface area contributed by atoms with Crippen LogP contribution in [0.5, 0.6) is 0 Å². The second-order valence-electron chi connectivity index (χ2n) is 5.58.